The van der Waals surface area contributed by atoms with Crippen LogP contribution in [-0.4, -0.2) is 60.7 Å². The number of aryl methyl sites for hydroxylation is 2. The molecule has 8 nitrogen and oxygen atoms in total. The minimum absolute atomic E-state index is 0.0739. The summed E-state index contributed by atoms with van der Waals surface area (Å²) in [5.74, 6) is 0.0739. The van der Waals surface area contributed by atoms with Crippen LogP contribution in [0.25, 0.3) is 0 Å². The van der Waals surface area contributed by atoms with Crippen LogP contribution in [0, 0.1) is 24.0 Å². The van der Waals surface area contributed by atoms with Gasteiger partial charge in [0.1, 0.15) is 6.61 Å². The molecule has 0 atom stereocenters. The first-order valence-corrected chi connectivity index (χ1v) is 12.1. The van der Waals surface area contributed by atoms with E-state index >= 15 is 0 Å². The fraction of sp³-hybridized carbons (Fsp3) is 0.500. The Kier molecular flexibility index (Phi) is 7.67. The van der Waals surface area contributed by atoms with Crippen LogP contribution < -0.4 is 10.2 Å². The Labute approximate surface area is 201 Å². The van der Waals surface area contributed by atoms with E-state index in [-0.39, 0.29) is 29.2 Å². The number of piperazine rings is 1. The van der Waals surface area contributed by atoms with Crippen LogP contribution in [0.4, 0.5) is 17.1 Å². The molecule has 1 aliphatic carbocycles. The Hall–Kier alpha value is -3.13. The molecular weight excluding hydrogens is 432 g/mol. The number of carbonyl (C=O) groups excluding carboxylic acids is 1. The molecule has 4 rings (SSSR count). The van der Waals surface area contributed by atoms with Crippen molar-refractivity contribution in [3.05, 3.63) is 63.7 Å². The summed E-state index contributed by atoms with van der Waals surface area (Å²) < 4.78 is 5.98. The minimum Gasteiger partial charge on any atom is -0.382 e. The van der Waals surface area contributed by atoms with Crippen molar-refractivity contribution in [1.29, 1.82) is 0 Å². The molecule has 34 heavy (non-hydrogen) atoms. The van der Waals surface area contributed by atoms with Crippen LogP contribution in [-0.2, 0) is 9.53 Å². The van der Waals surface area contributed by atoms with Gasteiger partial charge in [0.15, 0.2) is 0 Å². The molecule has 2 aromatic carbocycles. The lowest BCUT2D eigenvalue weighted by atomic mass is 9.92. The number of ether oxygens (including phenoxy) is 1. The van der Waals surface area contributed by atoms with Gasteiger partial charge in [-0.3, -0.25) is 14.9 Å². The SMILES string of the molecule is Cc1cc(NC2CCC(OCC(=O)N3CCN(c4ccccc4)CC3)CC2)cc(C)c1[N+](=O)[O-]. The predicted molar refractivity (Wildman–Crippen MR) is 133 cm³/mol. The predicted octanol–water partition coefficient (Wildman–Crippen LogP) is 4.30. The summed E-state index contributed by atoms with van der Waals surface area (Å²) in [6.07, 6.45) is 3.80. The van der Waals surface area contributed by atoms with Crippen LogP contribution in [0.15, 0.2) is 42.5 Å². The van der Waals surface area contributed by atoms with E-state index in [0.717, 1.165) is 57.5 Å². The Morgan fingerprint density at radius 2 is 1.65 bits per heavy atom. The zero-order valence-corrected chi connectivity index (χ0v) is 20.0. The third kappa shape index (κ3) is 5.86. The first kappa shape index (κ1) is 24.0. The average molecular weight is 467 g/mol. The summed E-state index contributed by atoms with van der Waals surface area (Å²) in [6, 6.07) is 14.3. The largest absolute Gasteiger partial charge is 0.382 e. The van der Waals surface area contributed by atoms with Crippen LogP contribution in [0.5, 0.6) is 0 Å². The van der Waals surface area contributed by atoms with Gasteiger partial charge in [-0.2, -0.15) is 0 Å². The van der Waals surface area contributed by atoms with E-state index in [0.29, 0.717) is 17.2 Å². The number of para-hydroxylation sites is 1. The summed E-state index contributed by atoms with van der Waals surface area (Å²) in [5.41, 5.74) is 3.67. The fourth-order valence-electron chi connectivity index (χ4n) is 5.07. The van der Waals surface area contributed by atoms with Gasteiger partial charge in [-0.05, 0) is 63.8 Å². The van der Waals surface area contributed by atoms with Gasteiger partial charge >= 0.3 is 0 Å². The molecular formula is C26H34N4O4. The third-order valence-electron chi connectivity index (χ3n) is 6.91. The summed E-state index contributed by atoms with van der Waals surface area (Å²) >= 11 is 0. The maximum Gasteiger partial charge on any atom is 0.275 e. The van der Waals surface area contributed by atoms with Gasteiger partial charge in [-0.25, -0.2) is 0 Å². The molecule has 1 saturated heterocycles. The summed E-state index contributed by atoms with van der Waals surface area (Å²) in [5, 5.41) is 14.7. The van der Waals surface area contributed by atoms with E-state index in [1.807, 2.05) is 35.2 Å². The zero-order chi connectivity index (χ0) is 24.1. The highest BCUT2D eigenvalue weighted by atomic mass is 16.6. The van der Waals surface area contributed by atoms with Gasteiger partial charge in [-0.1, -0.05) is 18.2 Å². The van der Waals surface area contributed by atoms with Crippen molar-refractivity contribution >= 4 is 23.0 Å². The van der Waals surface area contributed by atoms with Gasteiger partial charge in [-0.15, -0.1) is 0 Å². The molecule has 1 heterocycles. The lowest BCUT2D eigenvalue weighted by Crippen LogP contribution is -2.50. The van der Waals surface area contributed by atoms with Gasteiger partial charge in [0.2, 0.25) is 5.91 Å². The van der Waals surface area contributed by atoms with Gasteiger partial charge in [0, 0.05) is 54.7 Å². The first-order valence-electron chi connectivity index (χ1n) is 12.1. The van der Waals surface area contributed by atoms with Gasteiger partial charge in [0.25, 0.3) is 5.69 Å². The van der Waals surface area contributed by atoms with Crippen molar-refractivity contribution in [3.63, 3.8) is 0 Å². The van der Waals surface area contributed by atoms with Crippen LogP contribution >= 0.6 is 0 Å². The number of hydrogen-bond donors (Lipinski definition) is 1. The van der Waals surface area contributed by atoms with Crippen molar-refractivity contribution in [2.24, 2.45) is 0 Å². The molecule has 1 aliphatic heterocycles. The number of nitro groups is 1. The molecule has 0 radical (unpaired) electrons. The number of rotatable bonds is 7. The van der Waals surface area contributed by atoms with E-state index in [9.17, 15) is 14.9 Å². The molecule has 2 fully saturated rings. The van der Waals surface area contributed by atoms with Crippen LogP contribution in [0.2, 0.25) is 0 Å². The smallest absolute Gasteiger partial charge is 0.275 e. The number of nitro benzene ring substituents is 1. The Morgan fingerprint density at radius 1 is 1.03 bits per heavy atom. The van der Waals surface area contributed by atoms with Crippen molar-refractivity contribution < 1.29 is 14.5 Å². The molecule has 1 saturated carbocycles. The van der Waals surface area contributed by atoms with E-state index in [1.165, 1.54) is 5.69 Å². The summed E-state index contributed by atoms with van der Waals surface area (Å²) in [6.45, 7) is 6.83. The van der Waals surface area contributed by atoms with E-state index in [4.69, 9.17) is 4.74 Å². The molecule has 0 bridgehead atoms. The lowest BCUT2D eigenvalue weighted by Gasteiger charge is -2.36. The molecule has 0 unspecified atom stereocenters. The normalized spacial score (nSPS) is 20.8. The molecule has 2 aliphatic rings. The van der Waals surface area contributed by atoms with Crippen molar-refractivity contribution in [2.45, 2.75) is 51.7 Å². The molecule has 1 amide bonds. The summed E-state index contributed by atoms with van der Waals surface area (Å²) in [4.78, 5) is 27.8. The molecule has 2 aromatic rings. The lowest BCUT2D eigenvalue weighted by molar-refractivity contribution is -0.386. The van der Waals surface area contributed by atoms with E-state index < -0.39 is 0 Å². The van der Waals surface area contributed by atoms with E-state index in [2.05, 4.69) is 22.3 Å². The second kappa shape index (κ2) is 10.9. The standard InChI is InChI=1S/C26H34N4O4/c1-19-16-22(17-20(2)26(19)30(32)33)27-21-8-10-24(11-9-21)34-18-25(31)29-14-12-28(13-15-29)23-6-4-3-5-7-23/h3-7,16-17,21,24,27H,8-15,18H2,1-2H3. The van der Waals surface area contributed by atoms with Crippen molar-refractivity contribution in [3.8, 4) is 0 Å². The number of benzene rings is 2. The third-order valence-corrected chi connectivity index (χ3v) is 6.91. The van der Waals surface area contributed by atoms with Gasteiger partial charge < -0.3 is 19.9 Å². The van der Waals surface area contributed by atoms with Gasteiger partial charge in [0.05, 0.1) is 11.0 Å². The molecule has 0 spiro atoms. The Bertz CT molecular complexity index is 974. The molecule has 0 aromatic heterocycles. The maximum absolute atomic E-state index is 12.7. The van der Waals surface area contributed by atoms with Crippen molar-refractivity contribution in [1.82, 2.24) is 4.90 Å². The molecule has 1 N–H and O–H groups in total. The summed E-state index contributed by atoms with van der Waals surface area (Å²) in [7, 11) is 0. The zero-order valence-electron chi connectivity index (χ0n) is 20.0. The highest BCUT2D eigenvalue weighted by Crippen LogP contribution is 2.29. The highest BCUT2D eigenvalue weighted by Gasteiger charge is 2.26. The molecule has 182 valence electrons. The quantitative estimate of drug-likeness (QED) is 0.484. The highest BCUT2D eigenvalue weighted by molar-refractivity contribution is 5.77. The number of carbonyl (C=O) groups is 1. The monoisotopic (exact) mass is 466 g/mol. The Morgan fingerprint density at radius 3 is 2.24 bits per heavy atom. The Balaban J connectivity index is 1.18. The maximum atomic E-state index is 12.7. The van der Waals surface area contributed by atoms with E-state index in [1.54, 1.807) is 13.8 Å². The number of anilines is 2. The topological polar surface area (TPSA) is 88.0 Å². The number of nitrogens with one attached hydrogen (secondary N) is 1. The van der Waals surface area contributed by atoms with Crippen molar-refractivity contribution in [2.75, 3.05) is 43.0 Å². The average Bonchev–Trinajstić information content (AvgIpc) is 2.83. The van der Waals surface area contributed by atoms with Crippen LogP contribution in [0.1, 0.15) is 36.8 Å². The second-order valence-electron chi connectivity index (χ2n) is 9.35. The fourth-order valence-corrected chi connectivity index (χ4v) is 5.07. The number of amides is 1. The first-order chi connectivity index (χ1) is 16.4. The second-order valence-corrected chi connectivity index (χ2v) is 9.35. The molecule has 8 heteroatoms. The number of nitrogens with zero attached hydrogens (tertiary/aromatic N) is 3. The minimum atomic E-state index is -0.318. The number of hydrogen-bond acceptors (Lipinski definition) is 6. The van der Waals surface area contributed by atoms with Crippen LogP contribution in [0.3, 0.4) is 0 Å².